The zero-order valence-electron chi connectivity index (χ0n) is 8.43. The minimum absolute atomic E-state index is 0. The van der Waals surface area contributed by atoms with Gasteiger partial charge in [-0.3, -0.25) is 0 Å². The van der Waals surface area contributed by atoms with Crippen LogP contribution in [0.5, 0.6) is 0 Å². The first-order valence-corrected chi connectivity index (χ1v) is 4.51. The summed E-state index contributed by atoms with van der Waals surface area (Å²) >= 11 is 0. The van der Waals surface area contributed by atoms with Crippen molar-refractivity contribution < 1.29 is 4.42 Å². The fourth-order valence-corrected chi connectivity index (χ4v) is 1.23. The third-order valence-corrected chi connectivity index (χ3v) is 2.06. The second-order valence-electron chi connectivity index (χ2n) is 3.21. The molecule has 0 fully saturated rings. The summed E-state index contributed by atoms with van der Waals surface area (Å²) in [7, 11) is 0. The molecule has 0 bridgehead atoms. The van der Waals surface area contributed by atoms with Gasteiger partial charge in [-0.25, -0.2) is 4.98 Å². The summed E-state index contributed by atoms with van der Waals surface area (Å²) in [4.78, 5) is 4.24. The van der Waals surface area contributed by atoms with Crippen LogP contribution in [-0.4, -0.2) is 4.98 Å². The Morgan fingerprint density at radius 1 is 1.27 bits per heavy atom. The lowest BCUT2D eigenvalue weighted by Crippen LogP contribution is -1.95. The van der Waals surface area contributed by atoms with E-state index < -0.39 is 0 Å². The van der Waals surface area contributed by atoms with Gasteiger partial charge in [-0.05, 0) is 19.1 Å². The molecule has 80 valence electrons. The van der Waals surface area contributed by atoms with Crippen molar-refractivity contribution in [3.63, 3.8) is 0 Å². The summed E-state index contributed by atoms with van der Waals surface area (Å²) in [5.74, 6) is 0.630. The van der Waals surface area contributed by atoms with E-state index in [0.29, 0.717) is 12.4 Å². The molecule has 2 N–H and O–H groups in total. The van der Waals surface area contributed by atoms with Crippen LogP contribution in [0.1, 0.15) is 11.3 Å². The maximum Gasteiger partial charge on any atom is 0.226 e. The van der Waals surface area contributed by atoms with Crippen molar-refractivity contribution in [2.24, 2.45) is 5.73 Å². The zero-order chi connectivity index (χ0) is 9.97. The predicted octanol–water partition coefficient (Wildman–Crippen LogP) is 2.53. The molecular formula is C11H13ClN2O. The van der Waals surface area contributed by atoms with Crippen molar-refractivity contribution in [3.05, 3.63) is 41.8 Å². The first kappa shape index (κ1) is 11.8. The fraction of sp³-hybridized carbons (Fsp3) is 0.182. The summed E-state index contributed by atoms with van der Waals surface area (Å²) in [6, 6.07) is 8.03. The monoisotopic (exact) mass is 224 g/mol. The average Bonchev–Trinajstić information content (AvgIpc) is 2.67. The van der Waals surface area contributed by atoms with Crippen LogP contribution in [0.25, 0.3) is 11.5 Å². The third-order valence-electron chi connectivity index (χ3n) is 2.06. The number of nitrogens with two attached hydrogens (primary N) is 1. The quantitative estimate of drug-likeness (QED) is 0.853. The van der Waals surface area contributed by atoms with E-state index in [1.54, 1.807) is 6.26 Å². The molecule has 0 unspecified atom stereocenters. The molecule has 0 spiro atoms. The number of nitrogens with zero attached hydrogens (tertiary/aromatic N) is 1. The first-order valence-electron chi connectivity index (χ1n) is 4.51. The van der Waals surface area contributed by atoms with E-state index in [1.165, 1.54) is 5.56 Å². The number of oxazole rings is 1. The van der Waals surface area contributed by atoms with Gasteiger partial charge in [0, 0.05) is 12.1 Å². The van der Waals surface area contributed by atoms with Crippen molar-refractivity contribution in [2.45, 2.75) is 13.5 Å². The van der Waals surface area contributed by atoms with Crippen LogP contribution in [0.15, 0.2) is 34.9 Å². The highest BCUT2D eigenvalue weighted by Gasteiger charge is 2.04. The van der Waals surface area contributed by atoms with E-state index in [-0.39, 0.29) is 12.4 Å². The van der Waals surface area contributed by atoms with Crippen LogP contribution in [0.2, 0.25) is 0 Å². The van der Waals surface area contributed by atoms with Crippen molar-refractivity contribution in [1.29, 1.82) is 0 Å². The smallest absolute Gasteiger partial charge is 0.226 e. The second-order valence-corrected chi connectivity index (χ2v) is 3.21. The van der Waals surface area contributed by atoms with Gasteiger partial charge in [-0.1, -0.05) is 17.7 Å². The van der Waals surface area contributed by atoms with Gasteiger partial charge in [-0.15, -0.1) is 12.4 Å². The second kappa shape index (κ2) is 4.96. The van der Waals surface area contributed by atoms with Gasteiger partial charge >= 0.3 is 0 Å². The van der Waals surface area contributed by atoms with Crippen LogP contribution >= 0.6 is 12.4 Å². The molecule has 4 heteroatoms. The predicted molar refractivity (Wildman–Crippen MR) is 61.8 cm³/mol. The standard InChI is InChI=1S/C11H12N2O.ClH/c1-8-2-4-9(5-3-8)11-13-10(6-12)7-14-11;/h2-5,7H,6,12H2,1H3;1H. The van der Waals surface area contributed by atoms with E-state index in [4.69, 9.17) is 10.2 Å². The van der Waals surface area contributed by atoms with Crippen molar-refractivity contribution in [3.8, 4) is 11.5 Å². The lowest BCUT2D eigenvalue weighted by atomic mass is 10.1. The Kier molecular flexibility index (Phi) is 3.88. The molecule has 0 atom stereocenters. The van der Waals surface area contributed by atoms with Gasteiger partial charge in [0.1, 0.15) is 6.26 Å². The normalized spacial score (nSPS) is 9.73. The topological polar surface area (TPSA) is 52.0 Å². The number of aromatic nitrogens is 1. The van der Waals surface area contributed by atoms with Crippen molar-refractivity contribution in [1.82, 2.24) is 4.98 Å². The molecular weight excluding hydrogens is 212 g/mol. The Labute approximate surface area is 94.7 Å². The molecule has 0 aliphatic carbocycles. The first-order chi connectivity index (χ1) is 6.79. The van der Waals surface area contributed by atoms with Crippen LogP contribution in [0.3, 0.4) is 0 Å². The molecule has 0 saturated heterocycles. The minimum atomic E-state index is 0. The largest absolute Gasteiger partial charge is 0.444 e. The van der Waals surface area contributed by atoms with Gasteiger partial charge in [0.2, 0.25) is 5.89 Å². The maximum absolute atomic E-state index is 5.44. The minimum Gasteiger partial charge on any atom is -0.444 e. The maximum atomic E-state index is 5.44. The molecule has 1 heterocycles. The summed E-state index contributed by atoms with van der Waals surface area (Å²) in [6.45, 7) is 2.46. The van der Waals surface area contributed by atoms with Gasteiger partial charge in [0.15, 0.2) is 0 Å². The van der Waals surface area contributed by atoms with Gasteiger partial charge in [0.25, 0.3) is 0 Å². The number of hydrogen-bond acceptors (Lipinski definition) is 3. The number of benzene rings is 1. The number of aryl methyl sites for hydroxylation is 1. The number of halogens is 1. The van der Waals surface area contributed by atoms with Crippen LogP contribution < -0.4 is 5.73 Å². The Balaban J connectivity index is 0.00000112. The van der Waals surface area contributed by atoms with Gasteiger partial charge in [-0.2, -0.15) is 0 Å². The van der Waals surface area contributed by atoms with Crippen molar-refractivity contribution >= 4 is 12.4 Å². The third kappa shape index (κ3) is 2.58. The molecule has 0 saturated carbocycles. The highest BCUT2D eigenvalue weighted by Crippen LogP contribution is 2.18. The molecule has 0 amide bonds. The summed E-state index contributed by atoms with van der Waals surface area (Å²) < 4.78 is 5.29. The lowest BCUT2D eigenvalue weighted by molar-refractivity contribution is 0.572. The molecule has 0 aliphatic heterocycles. The fourth-order valence-electron chi connectivity index (χ4n) is 1.23. The highest BCUT2D eigenvalue weighted by atomic mass is 35.5. The number of rotatable bonds is 2. The molecule has 0 radical (unpaired) electrons. The van der Waals surface area contributed by atoms with E-state index in [1.807, 2.05) is 31.2 Å². The van der Waals surface area contributed by atoms with E-state index in [0.717, 1.165) is 11.3 Å². The summed E-state index contributed by atoms with van der Waals surface area (Å²) in [5.41, 5.74) is 8.42. The van der Waals surface area contributed by atoms with Gasteiger partial charge in [0.05, 0.1) is 5.69 Å². The van der Waals surface area contributed by atoms with E-state index in [2.05, 4.69) is 4.98 Å². The van der Waals surface area contributed by atoms with E-state index >= 15 is 0 Å². The SMILES string of the molecule is Cc1ccc(-c2nc(CN)co2)cc1.Cl. The van der Waals surface area contributed by atoms with Crippen LogP contribution in [0, 0.1) is 6.92 Å². The highest BCUT2D eigenvalue weighted by molar-refractivity contribution is 5.85. The summed E-state index contributed by atoms with van der Waals surface area (Å²) in [6.07, 6.45) is 1.59. The van der Waals surface area contributed by atoms with Crippen LogP contribution in [0.4, 0.5) is 0 Å². The average molecular weight is 225 g/mol. The van der Waals surface area contributed by atoms with Crippen LogP contribution in [-0.2, 0) is 6.54 Å². The molecule has 1 aromatic heterocycles. The van der Waals surface area contributed by atoms with Crippen molar-refractivity contribution in [2.75, 3.05) is 0 Å². The van der Waals surface area contributed by atoms with Gasteiger partial charge < -0.3 is 10.2 Å². The molecule has 1 aromatic carbocycles. The Hall–Kier alpha value is -1.32. The molecule has 15 heavy (non-hydrogen) atoms. The lowest BCUT2D eigenvalue weighted by Gasteiger charge is -1.95. The Morgan fingerprint density at radius 2 is 1.93 bits per heavy atom. The molecule has 2 aromatic rings. The molecule has 3 nitrogen and oxygen atoms in total. The molecule has 0 aliphatic rings. The zero-order valence-corrected chi connectivity index (χ0v) is 9.25. The number of hydrogen-bond donors (Lipinski definition) is 1. The molecule has 2 rings (SSSR count). The Morgan fingerprint density at radius 3 is 2.47 bits per heavy atom. The summed E-state index contributed by atoms with van der Waals surface area (Å²) in [5, 5.41) is 0. The Bertz CT molecular complexity index is 422. The van der Waals surface area contributed by atoms with E-state index in [9.17, 15) is 0 Å².